The molecule has 1 aromatic carbocycles. The molecule has 118 valence electrons. The fourth-order valence-corrected chi connectivity index (χ4v) is 4.81. The third-order valence-electron chi connectivity index (χ3n) is 4.45. The van der Waals surface area contributed by atoms with Gasteiger partial charge in [0.25, 0.3) is 0 Å². The monoisotopic (exact) mass is 310 g/mol. The summed E-state index contributed by atoms with van der Waals surface area (Å²) < 4.78 is 27.9. The van der Waals surface area contributed by atoms with Crippen molar-refractivity contribution in [2.45, 2.75) is 51.3 Å². The minimum atomic E-state index is -3.46. The predicted octanol–water partition coefficient (Wildman–Crippen LogP) is 2.99. The van der Waals surface area contributed by atoms with Crippen molar-refractivity contribution in [2.24, 2.45) is 11.8 Å². The maximum atomic E-state index is 12.5. The number of nitrogen functional groups attached to an aromatic ring is 1. The van der Waals surface area contributed by atoms with Gasteiger partial charge in [-0.05, 0) is 61.8 Å². The van der Waals surface area contributed by atoms with Crippen LogP contribution in [0.1, 0.15) is 43.7 Å². The van der Waals surface area contributed by atoms with Crippen molar-refractivity contribution in [3.8, 4) is 0 Å². The molecule has 5 heteroatoms. The van der Waals surface area contributed by atoms with Gasteiger partial charge < -0.3 is 5.73 Å². The van der Waals surface area contributed by atoms with Crippen molar-refractivity contribution in [3.05, 3.63) is 23.3 Å². The molecule has 0 bridgehead atoms. The van der Waals surface area contributed by atoms with E-state index in [9.17, 15) is 8.42 Å². The summed E-state index contributed by atoms with van der Waals surface area (Å²) in [5, 5.41) is 0. The first-order chi connectivity index (χ1) is 9.79. The zero-order valence-electron chi connectivity index (χ0n) is 13.1. The zero-order chi connectivity index (χ0) is 15.6. The third kappa shape index (κ3) is 3.98. The molecule has 0 spiro atoms. The summed E-state index contributed by atoms with van der Waals surface area (Å²) in [4.78, 5) is 0.376. The molecule has 2 rings (SSSR count). The molecule has 0 unspecified atom stereocenters. The Balaban J connectivity index is 2.09. The van der Waals surface area contributed by atoms with Crippen molar-refractivity contribution in [2.75, 3.05) is 12.3 Å². The van der Waals surface area contributed by atoms with E-state index in [1.165, 1.54) is 12.8 Å². The molecule has 1 aliphatic rings. The van der Waals surface area contributed by atoms with Gasteiger partial charge in [0.15, 0.2) is 0 Å². The van der Waals surface area contributed by atoms with Crippen LogP contribution in [0.25, 0.3) is 0 Å². The van der Waals surface area contributed by atoms with Crippen molar-refractivity contribution in [3.63, 3.8) is 0 Å². The van der Waals surface area contributed by atoms with Crippen LogP contribution in [0.2, 0.25) is 0 Å². The highest BCUT2D eigenvalue weighted by Crippen LogP contribution is 2.28. The Morgan fingerprint density at radius 2 is 1.67 bits per heavy atom. The van der Waals surface area contributed by atoms with E-state index in [0.717, 1.165) is 18.8 Å². The van der Waals surface area contributed by atoms with Gasteiger partial charge in [0.1, 0.15) is 0 Å². The number of sulfonamides is 1. The molecule has 0 saturated heterocycles. The molecule has 0 heterocycles. The number of nitrogens with two attached hydrogens (primary N) is 1. The summed E-state index contributed by atoms with van der Waals surface area (Å²) in [6, 6.07) is 3.42. The zero-order valence-corrected chi connectivity index (χ0v) is 14.0. The molecular weight excluding hydrogens is 284 g/mol. The molecule has 0 atom stereocenters. The number of rotatable bonds is 4. The van der Waals surface area contributed by atoms with Crippen LogP contribution in [-0.4, -0.2) is 15.0 Å². The third-order valence-corrected chi connectivity index (χ3v) is 6.18. The first-order valence-electron chi connectivity index (χ1n) is 7.66. The van der Waals surface area contributed by atoms with E-state index < -0.39 is 10.0 Å². The van der Waals surface area contributed by atoms with Crippen molar-refractivity contribution < 1.29 is 8.42 Å². The maximum Gasteiger partial charge on any atom is 0.241 e. The second-order valence-electron chi connectivity index (χ2n) is 6.46. The lowest BCUT2D eigenvalue weighted by atomic mass is 9.83. The number of anilines is 1. The smallest absolute Gasteiger partial charge is 0.241 e. The number of hydrogen-bond donors (Lipinski definition) is 2. The minimum Gasteiger partial charge on any atom is -0.399 e. The predicted molar refractivity (Wildman–Crippen MR) is 86.6 cm³/mol. The summed E-state index contributed by atoms with van der Waals surface area (Å²) in [6.45, 7) is 6.39. The second kappa shape index (κ2) is 6.36. The van der Waals surface area contributed by atoms with Gasteiger partial charge in [0, 0.05) is 12.2 Å². The summed E-state index contributed by atoms with van der Waals surface area (Å²) in [7, 11) is -3.46. The lowest BCUT2D eigenvalue weighted by molar-refractivity contribution is 0.290. The summed E-state index contributed by atoms with van der Waals surface area (Å²) >= 11 is 0. The molecule has 21 heavy (non-hydrogen) atoms. The quantitative estimate of drug-likeness (QED) is 0.840. The molecule has 0 aromatic heterocycles. The molecule has 0 aliphatic heterocycles. The minimum absolute atomic E-state index is 0.376. The van der Waals surface area contributed by atoms with Gasteiger partial charge in [0.05, 0.1) is 4.90 Å². The van der Waals surface area contributed by atoms with E-state index in [4.69, 9.17) is 5.73 Å². The SMILES string of the molecule is Cc1cc(N)cc(C)c1S(=O)(=O)NCC1CCC(C)CC1. The van der Waals surface area contributed by atoms with Gasteiger partial charge in [-0.3, -0.25) is 0 Å². The van der Waals surface area contributed by atoms with Crippen molar-refractivity contribution >= 4 is 15.7 Å². The Kier molecular flexibility index (Phi) is 4.94. The van der Waals surface area contributed by atoms with Gasteiger partial charge in [-0.2, -0.15) is 0 Å². The van der Waals surface area contributed by atoms with Crippen molar-refractivity contribution in [1.29, 1.82) is 0 Å². The first kappa shape index (κ1) is 16.3. The average molecular weight is 310 g/mol. The molecule has 1 saturated carbocycles. The molecule has 1 fully saturated rings. The van der Waals surface area contributed by atoms with Crippen LogP contribution in [0, 0.1) is 25.7 Å². The molecule has 4 nitrogen and oxygen atoms in total. The van der Waals surface area contributed by atoms with E-state index >= 15 is 0 Å². The van der Waals surface area contributed by atoms with Gasteiger partial charge >= 0.3 is 0 Å². The fourth-order valence-electron chi connectivity index (χ4n) is 3.24. The lowest BCUT2D eigenvalue weighted by Gasteiger charge is -2.26. The van der Waals surface area contributed by atoms with E-state index in [2.05, 4.69) is 11.6 Å². The fraction of sp³-hybridized carbons (Fsp3) is 0.625. The van der Waals surface area contributed by atoms with Crippen LogP contribution in [0.4, 0.5) is 5.69 Å². The number of hydrogen-bond acceptors (Lipinski definition) is 3. The first-order valence-corrected chi connectivity index (χ1v) is 9.14. The normalized spacial score (nSPS) is 23.2. The van der Waals surface area contributed by atoms with Crippen LogP contribution >= 0.6 is 0 Å². The van der Waals surface area contributed by atoms with Crippen molar-refractivity contribution in [1.82, 2.24) is 4.72 Å². The van der Waals surface area contributed by atoms with Gasteiger partial charge in [0.2, 0.25) is 10.0 Å². The topological polar surface area (TPSA) is 72.2 Å². The Morgan fingerprint density at radius 1 is 1.14 bits per heavy atom. The number of aryl methyl sites for hydroxylation is 2. The average Bonchev–Trinajstić information content (AvgIpc) is 2.36. The number of nitrogens with one attached hydrogen (secondary N) is 1. The van der Waals surface area contributed by atoms with E-state index in [-0.39, 0.29) is 0 Å². The summed E-state index contributed by atoms with van der Waals surface area (Å²) in [6.07, 6.45) is 4.63. The number of benzene rings is 1. The molecule has 1 aromatic rings. The van der Waals surface area contributed by atoms with Crippen LogP contribution in [0.15, 0.2) is 17.0 Å². The second-order valence-corrected chi connectivity index (χ2v) is 8.17. The largest absolute Gasteiger partial charge is 0.399 e. The standard InChI is InChI=1S/C16H26N2O2S/c1-11-4-6-14(7-5-11)10-18-21(19,20)16-12(2)8-15(17)9-13(16)3/h8-9,11,14,18H,4-7,10,17H2,1-3H3. The van der Waals surface area contributed by atoms with E-state index in [1.54, 1.807) is 26.0 Å². The Bertz CT molecular complexity index is 580. The van der Waals surface area contributed by atoms with Crippen LogP contribution in [0.3, 0.4) is 0 Å². The van der Waals surface area contributed by atoms with Crippen LogP contribution in [-0.2, 0) is 10.0 Å². The Labute approximate surface area is 128 Å². The summed E-state index contributed by atoms with van der Waals surface area (Å²) in [5.41, 5.74) is 7.77. The van der Waals surface area contributed by atoms with Gasteiger partial charge in [-0.15, -0.1) is 0 Å². The Morgan fingerprint density at radius 3 is 2.19 bits per heavy atom. The Hall–Kier alpha value is -1.07. The molecule has 1 aliphatic carbocycles. The van der Waals surface area contributed by atoms with E-state index in [1.807, 2.05) is 0 Å². The molecule has 0 amide bonds. The van der Waals surface area contributed by atoms with Gasteiger partial charge in [-0.1, -0.05) is 19.8 Å². The highest BCUT2D eigenvalue weighted by Gasteiger charge is 2.23. The molecule has 3 N–H and O–H groups in total. The van der Waals surface area contributed by atoms with Gasteiger partial charge in [-0.25, -0.2) is 13.1 Å². The van der Waals surface area contributed by atoms with E-state index in [0.29, 0.717) is 34.2 Å². The molecule has 0 radical (unpaired) electrons. The maximum absolute atomic E-state index is 12.5. The highest BCUT2D eigenvalue weighted by molar-refractivity contribution is 7.89. The lowest BCUT2D eigenvalue weighted by Crippen LogP contribution is -2.32. The highest BCUT2D eigenvalue weighted by atomic mass is 32.2. The summed E-state index contributed by atoms with van der Waals surface area (Å²) in [5.74, 6) is 1.24. The van der Waals surface area contributed by atoms with Crippen LogP contribution < -0.4 is 10.5 Å². The molecular formula is C16H26N2O2S. The van der Waals surface area contributed by atoms with Crippen LogP contribution in [0.5, 0.6) is 0 Å².